The summed E-state index contributed by atoms with van der Waals surface area (Å²) in [5.41, 5.74) is 0. The van der Waals surface area contributed by atoms with Crippen molar-refractivity contribution in [2.75, 3.05) is 32.8 Å². The average Bonchev–Trinajstić information content (AvgIpc) is 2.71. The van der Waals surface area contributed by atoms with Crippen LogP contribution in [-0.4, -0.2) is 37.7 Å². The van der Waals surface area contributed by atoms with Crippen LogP contribution in [0, 0.1) is 0 Å². The second kappa shape index (κ2) is 4.69. The predicted octanol–water partition coefficient (Wildman–Crippen LogP) is 1.12. The molecule has 1 heterocycles. The van der Waals surface area contributed by atoms with E-state index in [-0.39, 0.29) is 0 Å². The quantitative estimate of drug-likeness (QED) is 0.408. The van der Waals surface area contributed by atoms with Gasteiger partial charge in [-0.3, -0.25) is 4.90 Å². The van der Waals surface area contributed by atoms with Crippen LogP contribution in [-0.2, 0) is 4.74 Å². The number of unbranched alkanes of at least 4 members (excludes halogenated alkanes) is 1. The van der Waals surface area contributed by atoms with E-state index in [0.717, 1.165) is 19.8 Å². The first-order chi connectivity index (χ1) is 4.93. The van der Waals surface area contributed by atoms with Gasteiger partial charge in [-0.05, 0) is 6.42 Å². The van der Waals surface area contributed by atoms with Gasteiger partial charge in [0.2, 0.25) is 0 Å². The van der Waals surface area contributed by atoms with Gasteiger partial charge in [-0.25, -0.2) is 0 Å². The van der Waals surface area contributed by atoms with E-state index in [1.165, 1.54) is 25.9 Å². The molecule has 2 nitrogen and oxygen atoms in total. The molecule has 1 fully saturated rings. The van der Waals surface area contributed by atoms with Crippen molar-refractivity contribution in [1.29, 1.82) is 0 Å². The highest BCUT2D eigenvalue weighted by atomic mass is 16.5. The standard InChI is InChI=1S/C8H17NO/c1-2-3-7-10-8-6-9-4-5-9/h2-8H2,1H3. The molecule has 1 aliphatic heterocycles. The molecule has 0 amide bonds. The van der Waals surface area contributed by atoms with Crippen LogP contribution in [0.5, 0.6) is 0 Å². The van der Waals surface area contributed by atoms with E-state index in [1.54, 1.807) is 0 Å². The zero-order chi connectivity index (χ0) is 7.23. The fourth-order valence-electron chi connectivity index (χ4n) is 0.836. The Morgan fingerprint density at radius 1 is 1.30 bits per heavy atom. The number of nitrogens with zero attached hydrogens (tertiary/aromatic N) is 1. The van der Waals surface area contributed by atoms with Gasteiger partial charge >= 0.3 is 0 Å². The smallest absolute Gasteiger partial charge is 0.0593 e. The van der Waals surface area contributed by atoms with Crippen LogP contribution in [0.4, 0.5) is 0 Å². The molecular formula is C8H17NO. The van der Waals surface area contributed by atoms with Gasteiger partial charge < -0.3 is 4.74 Å². The fraction of sp³-hybridized carbons (Fsp3) is 1.00. The molecule has 0 saturated carbocycles. The van der Waals surface area contributed by atoms with Gasteiger partial charge in [0, 0.05) is 26.2 Å². The van der Waals surface area contributed by atoms with E-state index in [2.05, 4.69) is 11.8 Å². The number of ether oxygens (including phenoxy) is 1. The molecule has 60 valence electrons. The molecular weight excluding hydrogens is 126 g/mol. The highest BCUT2D eigenvalue weighted by Crippen LogP contribution is 2.01. The van der Waals surface area contributed by atoms with Gasteiger partial charge in [0.25, 0.3) is 0 Å². The Kier molecular flexibility index (Phi) is 3.76. The second-order valence-corrected chi connectivity index (χ2v) is 2.81. The van der Waals surface area contributed by atoms with Crippen LogP contribution >= 0.6 is 0 Å². The molecule has 0 bridgehead atoms. The Bertz CT molecular complexity index is 81.3. The van der Waals surface area contributed by atoms with Gasteiger partial charge in [0.05, 0.1) is 6.61 Å². The topological polar surface area (TPSA) is 12.2 Å². The van der Waals surface area contributed by atoms with Crippen molar-refractivity contribution in [1.82, 2.24) is 4.90 Å². The van der Waals surface area contributed by atoms with Crippen LogP contribution in [0.25, 0.3) is 0 Å². The number of rotatable bonds is 6. The van der Waals surface area contributed by atoms with Gasteiger partial charge in [0.1, 0.15) is 0 Å². The third-order valence-corrected chi connectivity index (χ3v) is 1.73. The molecule has 1 saturated heterocycles. The fourth-order valence-corrected chi connectivity index (χ4v) is 0.836. The first kappa shape index (κ1) is 8.02. The maximum absolute atomic E-state index is 5.38. The minimum absolute atomic E-state index is 0.931. The molecule has 1 rings (SSSR count). The van der Waals surface area contributed by atoms with E-state index in [4.69, 9.17) is 4.74 Å². The van der Waals surface area contributed by atoms with Crippen molar-refractivity contribution in [3.63, 3.8) is 0 Å². The summed E-state index contributed by atoms with van der Waals surface area (Å²) in [5.74, 6) is 0. The lowest BCUT2D eigenvalue weighted by Crippen LogP contribution is -2.08. The molecule has 0 spiro atoms. The third kappa shape index (κ3) is 3.85. The lowest BCUT2D eigenvalue weighted by Gasteiger charge is -2.02. The zero-order valence-corrected chi connectivity index (χ0v) is 6.81. The summed E-state index contributed by atoms with van der Waals surface area (Å²) >= 11 is 0. The first-order valence-corrected chi connectivity index (χ1v) is 4.23. The molecule has 0 aromatic heterocycles. The summed E-state index contributed by atoms with van der Waals surface area (Å²) in [4.78, 5) is 2.38. The van der Waals surface area contributed by atoms with Crippen LogP contribution in [0.1, 0.15) is 19.8 Å². The maximum atomic E-state index is 5.38. The molecule has 2 heteroatoms. The summed E-state index contributed by atoms with van der Waals surface area (Å²) in [6, 6.07) is 0. The predicted molar refractivity (Wildman–Crippen MR) is 42.2 cm³/mol. The zero-order valence-electron chi connectivity index (χ0n) is 6.81. The van der Waals surface area contributed by atoms with E-state index < -0.39 is 0 Å². The number of hydrogen-bond acceptors (Lipinski definition) is 2. The minimum atomic E-state index is 0.931. The van der Waals surface area contributed by atoms with Crippen LogP contribution in [0.2, 0.25) is 0 Å². The summed E-state index contributed by atoms with van der Waals surface area (Å²) in [7, 11) is 0. The van der Waals surface area contributed by atoms with Crippen molar-refractivity contribution >= 4 is 0 Å². The SMILES string of the molecule is CCCCOCCN1CC1. The third-order valence-electron chi connectivity index (χ3n) is 1.73. The molecule has 1 aliphatic rings. The molecule has 0 aromatic carbocycles. The first-order valence-electron chi connectivity index (χ1n) is 4.23. The summed E-state index contributed by atoms with van der Waals surface area (Å²) < 4.78 is 5.38. The van der Waals surface area contributed by atoms with Gasteiger partial charge in [-0.1, -0.05) is 13.3 Å². The highest BCUT2D eigenvalue weighted by molar-refractivity contribution is 4.70. The molecule has 0 aliphatic carbocycles. The second-order valence-electron chi connectivity index (χ2n) is 2.81. The van der Waals surface area contributed by atoms with E-state index in [0.29, 0.717) is 0 Å². The van der Waals surface area contributed by atoms with E-state index >= 15 is 0 Å². The van der Waals surface area contributed by atoms with Crippen molar-refractivity contribution in [2.45, 2.75) is 19.8 Å². The molecule has 10 heavy (non-hydrogen) atoms. The highest BCUT2D eigenvalue weighted by Gasteiger charge is 2.15. The summed E-state index contributed by atoms with van der Waals surface area (Å²) in [5, 5.41) is 0. The minimum Gasteiger partial charge on any atom is -0.380 e. The molecule has 0 atom stereocenters. The normalized spacial score (nSPS) is 17.7. The lowest BCUT2D eigenvalue weighted by atomic mass is 10.4. The van der Waals surface area contributed by atoms with Crippen molar-refractivity contribution in [3.8, 4) is 0 Å². The van der Waals surface area contributed by atoms with E-state index in [9.17, 15) is 0 Å². The summed E-state index contributed by atoms with van der Waals surface area (Å²) in [6.07, 6.45) is 2.45. The van der Waals surface area contributed by atoms with Crippen molar-refractivity contribution in [3.05, 3.63) is 0 Å². The van der Waals surface area contributed by atoms with Gasteiger partial charge in [-0.15, -0.1) is 0 Å². The van der Waals surface area contributed by atoms with Crippen LogP contribution in [0.15, 0.2) is 0 Å². The van der Waals surface area contributed by atoms with Crippen LogP contribution in [0.3, 0.4) is 0 Å². The van der Waals surface area contributed by atoms with Crippen molar-refractivity contribution < 1.29 is 4.74 Å². The molecule has 0 N–H and O–H groups in total. The maximum Gasteiger partial charge on any atom is 0.0593 e. The van der Waals surface area contributed by atoms with Crippen molar-refractivity contribution in [2.24, 2.45) is 0 Å². The summed E-state index contributed by atoms with van der Waals surface area (Å²) in [6.45, 7) is 7.79. The van der Waals surface area contributed by atoms with Gasteiger partial charge in [0.15, 0.2) is 0 Å². The van der Waals surface area contributed by atoms with E-state index in [1.807, 2.05) is 0 Å². The Hall–Kier alpha value is -0.0800. The number of hydrogen-bond donors (Lipinski definition) is 0. The lowest BCUT2D eigenvalue weighted by molar-refractivity contribution is 0.124. The Morgan fingerprint density at radius 3 is 2.70 bits per heavy atom. The molecule has 0 radical (unpaired) electrons. The molecule has 0 aromatic rings. The Labute approximate surface area is 63.2 Å². The Balaban J connectivity index is 1.68. The van der Waals surface area contributed by atoms with Gasteiger partial charge in [-0.2, -0.15) is 0 Å². The average molecular weight is 143 g/mol. The monoisotopic (exact) mass is 143 g/mol. The van der Waals surface area contributed by atoms with Crippen LogP contribution < -0.4 is 0 Å². The largest absolute Gasteiger partial charge is 0.380 e. The molecule has 0 unspecified atom stereocenters. The Morgan fingerprint density at radius 2 is 2.10 bits per heavy atom.